The molecule has 0 radical (unpaired) electrons. The fourth-order valence-corrected chi connectivity index (χ4v) is 4.07. The zero-order valence-corrected chi connectivity index (χ0v) is 18.7. The molecule has 1 aliphatic rings. The summed E-state index contributed by atoms with van der Waals surface area (Å²) in [7, 11) is 0.564. The van der Waals surface area contributed by atoms with Gasteiger partial charge in [-0.1, -0.05) is 5.16 Å². The molecule has 1 aliphatic heterocycles. The maximum atomic E-state index is 12.9. The van der Waals surface area contributed by atoms with Crippen molar-refractivity contribution in [3.8, 4) is 0 Å². The largest absolute Gasteiger partial charge is 0.338 e. The molecule has 1 saturated heterocycles. The fourth-order valence-electron chi connectivity index (χ4n) is 3.20. The van der Waals surface area contributed by atoms with Gasteiger partial charge in [-0.15, -0.1) is 0 Å². The Morgan fingerprint density at radius 2 is 1.86 bits per heavy atom. The van der Waals surface area contributed by atoms with Crippen molar-refractivity contribution >= 4 is 21.8 Å². The Labute approximate surface area is 167 Å². The first-order valence-corrected chi connectivity index (χ1v) is 11.3. The first kappa shape index (κ1) is 22.8. The molecular weight excluding hydrogens is 382 g/mol. The lowest BCUT2D eigenvalue weighted by Crippen LogP contribution is -2.57. The van der Waals surface area contributed by atoms with Crippen LogP contribution in [0.4, 0.5) is 5.88 Å². The Hall–Kier alpha value is -1.49. The number of anilines is 1. The van der Waals surface area contributed by atoms with Crippen molar-refractivity contribution in [2.75, 3.05) is 38.8 Å². The zero-order valence-electron chi connectivity index (χ0n) is 17.9. The highest BCUT2D eigenvalue weighted by molar-refractivity contribution is 7.88. The Bertz CT molecular complexity index is 795. The van der Waals surface area contributed by atoms with Crippen LogP contribution in [0.3, 0.4) is 0 Å². The lowest BCUT2D eigenvalue weighted by atomic mass is 9.95. The highest BCUT2D eigenvalue weighted by Crippen LogP contribution is 2.26. The molecule has 0 saturated carbocycles. The van der Waals surface area contributed by atoms with Crippen molar-refractivity contribution in [2.24, 2.45) is 0 Å². The number of piperidine rings is 1. The summed E-state index contributed by atoms with van der Waals surface area (Å²) in [6.45, 7) is 8.57. The van der Waals surface area contributed by atoms with Gasteiger partial charge in [0.1, 0.15) is 5.69 Å². The second-order valence-corrected chi connectivity index (χ2v) is 10.5. The summed E-state index contributed by atoms with van der Waals surface area (Å²) >= 11 is 0. The highest BCUT2D eigenvalue weighted by Gasteiger charge is 2.39. The average molecular weight is 416 g/mol. The second kappa shape index (κ2) is 8.10. The van der Waals surface area contributed by atoms with E-state index in [1.165, 1.54) is 10.6 Å². The van der Waals surface area contributed by atoms with Crippen LogP contribution in [0, 0.1) is 0 Å². The van der Waals surface area contributed by atoms with Crippen LogP contribution >= 0.6 is 0 Å². The van der Waals surface area contributed by atoms with Gasteiger partial charge in [0, 0.05) is 25.2 Å². The van der Waals surface area contributed by atoms with Crippen molar-refractivity contribution in [3.05, 3.63) is 11.8 Å². The summed E-state index contributed by atoms with van der Waals surface area (Å²) in [4.78, 5) is 14.9. The van der Waals surface area contributed by atoms with Gasteiger partial charge in [-0.05, 0) is 54.6 Å². The van der Waals surface area contributed by atoms with Gasteiger partial charge >= 0.3 is 0 Å². The van der Waals surface area contributed by atoms with Crippen LogP contribution in [0.25, 0.3) is 0 Å². The van der Waals surface area contributed by atoms with Gasteiger partial charge in [-0.3, -0.25) is 15.0 Å². The summed E-state index contributed by atoms with van der Waals surface area (Å²) in [5, 5.41) is 9.98. The first-order valence-electron chi connectivity index (χ1n) is 9.44. The molecule has 2 N–H and O–H groups in total. The lowest BCUT2D eigenvalue weighted by Gasteiger charge is -2.43. The van der Waals surface area contributed by atoms with Crippen molar-refractivity contribution in [1.29, 1.82) is 0 Å². The van der Waals surface area contributed by atoms with Gasteiger partial charge in [0.15, 0.2) is 0 Å². The molecule has 160 valence electrons. The third-order valence-electron chi connectivity index (χ3n) is 5.89. The minimum atomic E-state index is -3.17. The van der Waals surface area contributed by atoms with Gasteiger partial charge in [0.05, 0.1) is 17.3 Å². The molecule has 9 nitrogen and oxygen atoms in total. The van der Waals surface area contributed by atoms with Crippen molar-refractivity contribution < 1.29 is 17.7 Å². The maximum Gasteiger partial charge on any atom is 0.246 e. The molecule has 0 spiro atoms. The number of rotatable bonds is 7. The molecular formula is C18H33N5O4S. The van der Waals surface area contributed by atoms with E-state index in [-0.39, 0.29) is 17.5 Å². The molecule has 2 heterocycles. The summed E-state index contributed by atoms with van der Waals surface area (Å²) in [6, 6.07) is 1.84. The molecule has 0 atom stereocenters. The predicted octanol–water partition coefficient (Wildman–Crippen LogP) is 1.20. The van der Waals surface area contributed by atoms with E-state index in [9.17, 15) is 13.2 Å². The van der Waals surface area contributed by atoms with Crippen LogP contribution in [0.1, 0.15) is 46.2 Å². The summed E-state index contributed by atoms with van der Waals surface area (Å²) in [5.74, 6) is 0.0993. The Morgan fingerprint density at radius 3 is 2.36 bits per heavy atom. The molecule has 0 bridgehead atoms. The highest BCUT2D eigenvalue weighted by atomic mass is 32.2. The quantitative estimate of drug-likeness (QED) is 0.689. The summed E-state index contributed by atoms with van der Waals surface area (Å²) < 4.78 is 30.2. The van der Waals surface area contributed by atoms with Crippen molar-refractivity contribution in [2.45, 2.75) is 57.7 Å². The zero-order chi connectivity index (χ0) is 21.3. The predicted molar refractivity (Wildman–Crippen MR) is 108 cm³/mol. The Balaban J connectivity index is 2.02. The van der Waals surface area contributed by atoms with E-state index < -0.39 is 15.6 Å². The SMILES string of the molecule is CNC(C)(C)c1cc(NC(=O)C(C)(C)N(C)C2CCN(S(C)(=O)=O)CC2)on1. The summed E-state index contributed by atoms with van der Waals surface area (Å²) in [6.07, 6.45) is 2.60. The standard InChI is InChI=1S/C18H33N5O4S/c1-17(2,19-5)14-12-15(27-21-14)20-16(24)18(3,4)22(6)13-8-10-23(11-9-13)28(7,25)26/h12-13,19H,8-11H2,1-7H3,(H,20,24). The van der Waals surface area contributed by atoms with Crippen LogP contribution in [-0.2, 0) is 20.4 Å². The molecule has 28 heavy (non-hydrogen) atoms. The number of carbonyl (C=O) groups is 1. The Kier molecular flexibility index (Phi) is 6.59. The molecule has 0 aliphatic carbocycles. The number of amides is 1. The van der Waals surface area contributed by atoms with Gasteiger partial charge in [-0.25, -0.2) is 12.7 Å². The van der Waals surface area contributed by atoms with E-state index in [1.807, 2.05) is 46.7 Å². The molecule has 0 aromatic carbocycles. The summed E-state index contributed by atoms with van der Waals surface area (Å²) in [5.41, 5.74) is -0.472. The smallest absolute Gasteiger partial charge is 0.246 e. The van der Waals surface area contributed by atoms with Crippen LogP contribution in [0.5, 0.6) is 0 Å². The number of likely N-dealkylation sites (N-methyl/N-ethyl adjacent to an activating group) is 1. The third-order valence-corrected chi connectivity index (χ3v) is 7.19. The minimum absolute atomic E-state index is 0.118. The van der Waals surface area contributed by atoms with E-state index in [0.717, 1.165) is 0 Å². The normalized spacial score (nSPS) is 17.9. The van der Waals surface area contributed by atoms with E-state index >= 15 is 0 Å². The van der Waals surface area contributed by atoms with Crippen molar-refractivity contribution in [3.63, 3.8) is 0 Å². The number of nitrogens with one attached hydrogen (secondary N) is 2. The number of aromatic nitrogens is 1. The number of nitrogens with zero attached hydrogens (tertiary/aromatic N) is 3. The molecule has 1 fully saturated rings. The minimum Gasteiger partial charge on any atom is -0.338 e. The van der Waals surface area contributed by atoms with Gasteiger partial charge in [0.25, 0.3) is 0 Å². The lowest BCUT2D eigenvalue weighted by molar-refractivity contribution is -0.127. The number of hydrogen-bond donors (Lipinski definition) is 2. The Morgan fingerprint density at radius 1 is 1.29 bits per heavy atom. The molecule has 1 aromatic rings. The average Bonchev–Trinajstić information content (AvgIpc) is 3.09. The van der Waals surface area contributed by atoms with Crippen molar-refractivity contribution in [1.82, 2.24) is 19.7 Å². The molecule has 1 amide bonds. The number of sulfonamides is 1. The maximum absolute atomic E-state index is 12.9. The number of carbonyl (C=O) groups excluding carboxylic acids is 1. The molecule has 0 unspecified atom stereocenters. The second-order valence-electron chi connectivity index (χ2n) is 8.47. The molecule has 10 heteroatoms. The first-order chi connectivity index (χ1) is 12.8. The van der Waals surface area contributed by atoms with Gasteiger partial charge in [-0.2, -0.15) is 0 Å². The fraction of sp³-hybridized carbons (Fsp3) is 0.778. The van der Waals surface area contributed by atoms with E-state index in [0.29, 0.717) is 37.5 Å². The van der Waals surface area contributed by atoms with Crippen LogP contribution in [-0.4, -0.2) is 73.7 Å². The van der Waals surface area contributed by atoms with E-state index in [2.05, 4.69) is 15.8 Å². The van der Waals surface area contributed by atoms with E-state index in [1.54, 1.807) is 6.07 Å². The van der Waals surface area contributed by atoms with Crippen LogP contribution in [0.2, 0.25) is 0 Å². The molecule has 2 rings (SSSR count). The molecule has 1 aromatic heterocycles. The van der Waals surface area contributed by atoms with E-state index in [4.69, 9.17) is 4.52 Å². The topological polar surface area (TPSA) is 108 Å². The third kappa shape index (κ3) is 4.91. The van der Waals surface area contributed by atoms with Gasteiger partial charge < -0.3 is 9.84 Å². The monoisotopic (exact) mass is 415 g/mol. The van der Waals surface area contributed by atoms with Crippen LogP contribution in [0.15, 0.2) is 10.6 Å². The van der Waals surface area contributed by atoms with Crippen LogP contribution < -0.4 is 10.6 Å². The number of hydrogen-bond acceptors (Lipinski definition) is 7. The van der Waals surface area contributed by atoms with Gasteiger partial charge in [0.2, 0.25) is 21.8 Å².